The van der Waals surface area contributed by atoms with E-state index in [0.717, 1.165) is 6.42 Å². The number of hydrogen-bond acceptors (Lipinski definition) is 4. The first-order valence-electron chi connectivity index (χ1n) is 7.40. The van der Waals surface area contributed by atoms with Crippen LogP contribution in [0.25, 0.3) is 0 Å². The maximum Gasteiger partial charge on any atom is 0.429 e. The van der Waals surface area contributed by atoms with Gasteiger partial charge in [0, 0.05) is 13.1 Å². The lowest BCUT2D eigenvalue weighted by atomic mass is 10.1. The number of carbonyl (C=O) groups excluding carboxylic acids is 2. The molecule has 1 atom stereocenters. The first kappa shape index (κ1) is 17.6. The molecule has 1 saturated heterocycles. The molecule has 1 heterocycles. The van der Waals surface area contributed by atoms with Crippen LogP contribution < -0.4 is 0 Å². The van der Waals surface area contributed by atoms with Gasteiger partial charge in [-0.25, -0.2) is 19.6 Å². The van der Waals surface area contributed by atoms with Crippen molar-refractivity contribution < 1.29 is 19.1 Å². The molecule has 21 heavy (non-hydrogen) atoms. The molecule has 0 aromatic heterocycles. The summed E-state index contributed by atoms with van der Waals surface area (Å²) in [6, 6.07) is 0. The number of ether oxygens (including phenoxy) is 2. The van der Waals surface area contributed by atoms with Crippen molar-refractivity contribution in [3.05, 3.63) is 0 Å². The average molecular weight is 300 g/mol. The van der Waals surface area contributed by atoms with E-state index < -0.39 is 23.4 Å². The summed E-state index contributed by atoms with van der Waals surface area (Å²) in [5.74, 6) is 0.316. The molecular weight excluding hydrogens is 272 g/mol. The monoisotopic (exact) mass is 300 g/mol. The van der Waals surface area contributed by atoms with Gasteiger partial charge in [-0.3, -0.25) is 0 Å². The zero-order chi connectivity index (χ0) is 16.4. The van der Waals surface area contributed by atoms with Crippen molar-refractivity contribution in [2.75, 3.05) is 13.1 Å². The smallest absolute Gasteiger partial charge is 0.429 e. The molecule has 1 aliphatic rings. The third-order valence-electron chi connectivity index (χ3n) is 2.82. The normalized spacial score (nSPS) is 20.2. The minimum Gasteiger partial charge on any atom is -0.442 e. The summed E-state index contributed by atoms with van der Waals surface area (Å²) < 4.78 is 10.7. The SMILES string of the molecule is CC1CCN(C(=O)OC(C)(C)C)N(C(=O)OC(C)(C)C)C1. The molecule has 1 fully saturated rings. The van der Waals surface area contributed by atoms with Crippen LogP contribution >= 0.6 is 0 Å². The highest BCUT2D eigenvalue weighted by molar-refractivity contribution is 5.74. The lowest BCUT2D eigenvalue weighted by Gasteiger charge is -2.41. The molecule has 2 amide bonds. The third kappa shape index (κ3) is 5.81. The summed E-state index contributed by atoms with van der Waals surface area (Å²) in [6.45, 7) is 13.8. The molecule has 1 unspecified atom stereocenters. The average Bonchev–Trinajstić information content (AvgIpc) is 2.23. The van der Waals surface area contributed by atoms with Crippen molar-refractivity contribution >= 4 is 12.2 Å². The molecule has 1 rings (SSSR count). The number of rotatable bonds is 0. The van der Waals surface area contributed by atoms with Gasteiger partial charge in [0.1, 0.15) is 11.2 Å². The number of carbonyl (C=O) groups is 2. The Morgan fingerprint density at radius 1 is 0.905 bits per heavy atom. The summed E-state index contributed by atoms with van der Waals surface area (Å²) in [5.41, 5.74) is -1.20. The van der Waals surface area contributed by atoms with Gasteiger partial charge < -0.3 is 9.47 Å². The first-order valence-corrected chi connectivity index (χ1v) is 7.40. The van der Waals surface area contributed by atoms with Gasteiger partial charge in [0.05, 0.1) is 0 Å². The Hall–Kier alpha value is -1.46. The minimum atomic E-state index is -0.600. The predicted octanol–water partition coefficient (Wildman–Crippen LogP) is 3.42. The molecule has 6 nitrogen and oxygen atoms in total. The molecule has 122 valence electrons. The number of hydrazine groups is 1. The minimum absolute atomic E-state index is 0.316. The van der Waals surface area contributed by atoms with Crippen molar-refractivity contribution in [2.24, 2.45) is 5.92 Å². The van der Waals surface area contributed by atoms with Gasteiger partial charge in [-0.1, -0.05) is 6.92 Å². The number of nitrogens with zero attached hydrogens (tertiary/aromatic N) is 2. The van der Waals surface area contributed by atoms with Crippen LogP contribution in [0.3, 0.4) is 0 Å². The first-order chi connectivity index (χ1) is 9.39. The molecule has 6 heteroatoms. The molecule has 1 aliphatic heterocycles. The lowest BCUT2D eigenvalue weighted by Crippen LogP contribution is -2.57. The molecule has 0 aliphatic carbocycles. The quantitative estimate of drug-likeness (QED) is 0.688. The highest BCUT2D eigenvalue weighted by Gasteiger charge is 2.36. The van der Waals surface area contributed by atoms with E-state index in [4.69, 9.17) is 9.47 Å². The second-order valence-corrected chi connectivity index (χ2v) is 7.56. The number of amides is 2. The van der Waals surface area contributed by atoms with Crippen molar-refractivity contribution in [1.29, 1.82) is 0 Å². The summed E-state index contributed by atoms with van der Waals surface area (Å²) in [6.07, 6.45) is -0.196. The Labute approximate surface area is 127 Å². The Morgan fingerprint density at radius 2 is 1.33 bits per heavy atom. The Kier molecular flexibility index (Phi) is 5.12. The lowest BCUT2D eigenvalue weighted by molar-refractivity contribution is -0.0819. The Morgan fingerprint density at radius 3 is 1.76 bits per heavy atom. The summed E-state index contributed by atoms with van der Waals surface area (Å²) in [4.78, 5) is 24.5. The molecule has 0 N–H and O–H groups in total. The van der Waals surface area contributed by atoms with Gasteiger partial charge in [0.25, 0.3) is 0 Å². The van der Waals surface area contributed by atoms with Gasteiger partial charge >= 0.3 is 12.2 Å². The zero-order valence-corrected chi connectivity index (χ0v) is 14.2. The van der Waals surface area contributed by atoms with Gasteiger partial charge in [-0.15, -0.1) is 0 Å². The maximum absolute atomic E-state index is 12.3. The van der Waals surface area contributed by atoms with Crippen LogP contribution in [-0.4, -0.2) is 46.5 Å². The van der Waals surface area contributed by atoms with Gasteiger partial charge in [0.2, 0.25) is 0 Å². The number of hydrogen-bond donors (Lipinski definition) is 0. The molecular formula is C15H28N2O4. The Balaban J connectivity index is 2.84. The standard InChI is InChI=1S/C15H28N2O4/c1-11-8-9-16(12(18)20-14(2,3)4)17(10-11)13(19)21-15(5,6)7/h11H,8-10H2,1-7H3. The third-order valence-corrected chi connectivity index (χ3v) is 2.82. The van der Waals surface area contributed by atoms with Gasteiger partial charge in [-0.05, 0) is 53.9 Å². The summed E-state index contributed by atoms with van der Waals surface area (Å²) >= 11 is 0. The van der Waals surface area contributed by atoms with E-state index in [0.29, 0.717) is 19.0 Å². The molecule has 0 radical (unpaired) electrons. The van der Waals surface area contributed by atoms with Crippen LogP contribution in [0, 0.1) is 5.92 Å². The highest BCUT2D eigenvalue weighted by atomic mass is 16.6. The second kappa shape index (κ2) is 6.12. The Bertz CT molecular complexity index is 395. The van der Waals surface area contributed by atoms with Crippen molar-refractivity contribution in [3.8, 4) is 0 Å². The fourth-order valence-electron chi connectivity index (χ4n) is 1.94. The van der Waals surface area contributed by atoms with Gasteiger partial charge in [0.15, 0.2) is 0 Å². The van der Waals surface area contributed by atoms with Gasteiger partial charge in [-0.2, -0.15) is 0 Å². The van der Waals surface area contributed by atoms with Crippen LogP contribution in [0.1, 0.15) is 54.9 Å². The molecule has 0 spiro atoms. The van der Waals surface area contributed by atoms with Crippen LogP contribution in [0.5, 0.6) is 0 Å². The second-order valence-electron chi connectivity index (χ2n) is 7.56. The molecule has 0 aromatic rings. The van der Waals surface area contributed by atoms with Crippen LogP contribution in [0.2, 0.25) is 0 Å². The molecule has 0 bridgehead atoms. The fraction of sp³-hybridized carbons (Fsp3) is 0.867. The molecule has 0 saturated carbocycles. The van der Waals surface area contributed by atoms with E-state index in [-0.39, 0.29) is 0 Å². The van der Waals surface area contributed by atoms with Crippen molar-refractivity contribution in [2.45, 2.75) is 66.1 Å². The highest BCUT2D eigenvalue weighted by Crippen LogP contribution is 2.22. The van der Waals surface area contributed by atoms with E-state index in [1.807, 2.05) is 6.92 Å². The predicted molar refractivity (Wildman–Crippen MR) is 79.7 cm³/mol. The largest absolute Gasteiger partial charge is 0.442 e. The van der Waals surface area contributed by atoms with E-state index in [1.165, 1.54) is 10.0 Å². The maximum atomic E-state index is 12.3. The van der Waals surface area contributed by atoms with E-state index in [9.17, 15) is 9.59 Å². The fourth-order valence-corrected chi connectivity index (χ4v) is 1.94. The van der Waals surface area contributed by atoms with Crippen LogP contribution in [-0.2, 0) is 9.47 Å². The van der Waals surface area contributed by atoms with E-state index >= 15 is 0 Å². The van der Waals surface area contributed by atoms with Crippen molar-refractivity contribution in [3.63, 3.8) is 0 Å². The van der Waals surface area contributed by atoms with E-state index in [1.54, 1.807) is 41.5 Å². The molecule has 0 aromatic carbocycles. The summed E-state index contributed by atoms with van der Waals surface area (Å²) in [5, 5.41) is 2.70. The van der Waals surface area contributed by atoms with Crippen molar-refractivity contribution in [1.82, 2.24) is 10.0 Å². The summed E-state index contributed by atoms with van der Waals surface area (Å²) in [7, 11) is 0. The zero-order valence-electron chi connectivity index (χ0n) is 14.2. The topological polar surface area (TPSA) is 59.1 Å². The van der Waals surface area contributed by atoms with Crippen LogP contribution in [0.15, 0.2) is 0 Å². The van der Waals surface area contributed by atoms with E-state index in [2.05, 4.69) is 0 Å². The van der Waals surface area contributed by atoms with Crippen LogP contribution in [0.4, 0.5) is 9.59 Å².